The first-order valence-electron chi connectivity index (χ1n) is 8.74. The molecule has 2 aromatic carbocycles. The van der Waals surface area contributed by atoms with Crippen LogP contribution in [0.2, 0.25) is 0 Å². The van der Waals surface area contributed by atoms with Gasteiger partial charge in [0.1, 0.15) is 5.75 Å². The summed E-state index contributed by atoms with van der Waals surface area (Å²) >= 11 is 0. The van der Waals surface area contributed by atoms with E-state index in [0.717, 1.165) is 22.1 Å². The SMILES string of the molecule is COc1ccc2cc(CNC(=O)C3(O)CCCN(C(C)=O)C3)ccc2c1. The van der Waals surface area contributed by atoms with Crippen LogP contribution in [0.4, 0.5) is 0 Å². The molecule has 0 aromatic heterocycles. The normalized spacial score (nSPS) is 20.0. The van der Waals surface area contributed by atoms with Crippen molar-refractivity contribution in [3.05, 3.63) is 42.0 Å². The Bertz CT molecular complexity index is 836. The van der Waals surface area contributed by atoms with Gasteiger partial charge in [-0.25, -0.2) is 0 Å². The summed E-state index contributed by atoms with van der Waals surface area (Å²) in [6.07, 6.45) is 0.974. The second-order valence-corrected chi connectivity index (χ2v) is 6.81. The second kappa shape index (κ2) is 7.33. The molecule has 2 amide bonds. The highest BCUT2D eigenvalue weighted by Gasteiger charge is 2.40. The molecule has 0 saturated carbocycles. The molecule has 26 heavy (non-hydrogen) atoms. The zero-order chi connectivity index (χ0) is 18.7. The number of ether oxygens (including phenoxy) is 1. The van der Waals surface area contributed by atoms with Crippen molar-refractivity contribution in [2.75, 3.05) is 20.2 Å². The van der Waals surface area contributed by atoms with Gasteiger partial charge in [0.05, 0.1) is 13.7 Å². The molecule has 1 unspecified atom stereocenters. The van der Waals surface area contributed by atoms with Gasteiger partial charge >= 0.3 is 0 Å². The standard InChI is InChI=1S/C20H24N2O4/c1-14(23)22-9-3-8-20(25,13-22)19(24)21-12-15-4-5-17-11-18(26-2)7-6-16(17)10-15/h4-7,10-11,25H,3,8-9,12-13H2,1-2H3,(H,21,24). The summed E-state index contributed by atoms with van der Waals surface area (Å²) in [6, 6.07) is 11.7. The second-order valence-electron chi connectivity index (χ2n) is 6.81. The number of β-amino-alcohol motifs (C(OH)–C–C–N with tert-alkyl or cyclic N) is 1. The molecule has 0 spiro atoms. The summed E-state index contributed by atoms with van der Waals surface area (Å²) in [7, 11) is 1.63. The third-order valence-corrected chi connectivity index (χ3v) is 4.90. The van der Waals surface area contributed by atoms with E-state index in [0.29, 0.717) is 25.9 Å². The molecule has 1 atom stereocenters. The fraction of sp³-hybridized carbons (Fsp3) is 0.400. The van der Waals surface area contributed by atoms with E-state index in [9.17, 15) is 14.7 Å². The number of carbonyl (C=O) groups excluding carboxylic acids is 2. The van der Waals surface area contributed by atoms with Gasteiger partial charge in [0.25, 0.3) is 5.91 Å². The molecule has 2 aromatic rings. The molecule has 3 rings (SSSR count). The molecule has 6 nitrogen and oxygen atoms in total. The summed E-state index contributed by atoms with van der Waals surface area (Å²) in [5.41, 5.74) is -0.576. The van der Waals surface area contributed by atoms with Crippen molar-refractivity contribution in [1.29, 1.82) is 0 Å². The van der Waals surface area contributed by atoms with Crippen LogP contribution in [0.3, 0.4) is 0 Å². The first kappa shape index (κ1) is 18.2. The molecule has 2 N–H and O–H groups in total. The number of piperidine rings is 1. The van der Waals surface area contributed by atoms with Gasteiger partial charge in [-0.15, -0.1) is 0 Å². The first-order valence-corrected chi connectivity index (χ1v) is 8.74. The zero-order valence-corrected chi connectivity index (χ0v) is 15.1. The van der Waals surface area contributed by atoms with Crippen molar-refractivity contribution in [3.63, 3.8) is 0 Å². The number of aliphatic hydroxyl groups is 1. The minimum Gasteiger partial charge on any atom is -0.497 e. The maximum atomic E-state index is 12.5. The molecule has 1 aliphatic heterocycles. The van der Waals surface area contributed by atoms with Crippen molar-refractivity contribution in [2.24, 2.45) is 0 Å². The molecule has 0 bridgehead atoms. The van der Waals surface area contributed by atoms with Gasteiger partial charge < -0.3 is 20.1 Å². The van der Waals surface area contributed by atoms with Crippen LogP contribution in [0.15, 0.2) is 36.4 Å². The van der Waals surface area contributed by atoms with Crippen LogP contribution in [-0.2, 0) is 16.1 Å². The maximum Gasteiger partial charge on any atom is 0.254 e. The summed E-state index contributed by atoms with van der Waals surface area (Å²) in [5, 5.41) is 15.6. The summed E-state index contributed by atoms with van der Waals surface area (Å²) in [6.45, 7) is 2.40. The van der Waals surface area contributed by atoms with Crippen LogP contribution in [0, 0.1) is 0 Å². The van der Waals surface area contributed by atoms with E-state index >= 15 is 0 Å². The number of benzene rings is 2. The molecular weight excluding hydrogens is 332 g/mol. The Morgan fingerprint density at radius 1 is 1.23 bits per heavy atom. The Hall–Kier alpha value is -2.60. The van der Waals surface area contributed by atoms with Crippen LogP contribution in [0.25, 0.3) is 10.8 Å². The van der Waals surface area contributed by atoms with Crippen LogP contribution in [0.1, 0.15) is 25.3 Å². The van der Waals surface area contributed by atoms with Gasteiger partial charge in [-0.1, -0.05) is 18.2 Å². The summed E-state index contributed by atoms with van der Waals surface area (Å²) < 4.78 is 5.22. The van der Waals surface area contributed by atoms with Gasteiger partial charge in [-0.3, -0.25) is 9.59 Å². The lowest BCUT2D eigenvalue weighted by molar-refractivity contribution is -0.150. The Labute approximate surface area is 152 Å². The lowest BCUT2D eigenvalue weighted by Gasteiger charge is -2.37. The third kappa shape index (κ3) is 3.80. The molecule has 1 heterocycles. The van der Waals surface area contributed by atoms with Gasteiger partial charge in [-0.05, 0) is 47.4 Å². The number of fused-ring (bicyclic) bond motifs is 1. The fourth-order valence-corrected chi connectivity index (χ4v) is 3.35. The summed E-state index contributed by atoms with van der Waals surface area (Å²) in [5.74, 6) is 0.243. The van der Waals surface area contributed by atoms with Crippen LogP contribution >= 0.6 is 0 Å². The van der Waals surface area contributed by atoms with Crippen molar-refractivity contribution in [3.8, 4) is 5.75 Å². The topological polar surface area (TPSA) is 78.9 Å². The van der Waals surface area contributed by atoms with E-state index in [1.807, 2.05) is 36.4 Å². The monoisotopic (exact) mass is 356 g/mol. The van der Waals surface area contributed by atoms with E-state index in [-0.39, 0.29) is 12.5 Å². The van der Waals surface area contributed by atoms with Gasteiger partial charge in [0.15, 0.2) is 5.60 Å². The predicted octanol–water partition coefficient (Wildman–Crippen LogP) is 1.84. The lowest BCUT2D eigenvalue weighted by atomic mass is 9.91. The number of nitrogens with zero attached hydrogens (tertiary/aromatic N) is 1. The number of amides is 2. The van der Waals surface area contributed by atoms with Crippen molar-refractivity contribution < 1.29 is 19.4 Å². The largest absolute Gasteiger partial charge is 0.497 e. The van der Waals surface area contributed by atoms with Gasteiger partial charge in [-0.2, -0.15) is 0 Å². The number of likely N-dealkylation sites (tertiary alicyclic amines) is 1. The highest BCUT2D eigenvalue weighted by atomic mass is 16.5. The molecule has 0 aliphatic carbocycles. The number of methoxy groups -OCH3 is 1. The van der Waals surface area contributed by atoms with Crippen LogP contribution < -0.4 is 10.1 Å². The molecule has 1 fully saturated rings. The zero-order valence-electron chi connectivity index (χ0n) is 15.1. The number of carbonyl (C=O) groups is 2. The quantitative estimate of drug-likeness (QED) is 0.876. The molecule has 6 heteroatoms. The Balaban J connectivity index is 1.67. The molecule has 0 radical (unpaired) electrons. The van der Waals surface area contributed by atoms with Crippen molar-refractivity contribution >= 4 is 22.6 Å². The fourth-order valence-electron chi connectivity index (χ4n) is 3.35. The van der Waals surface area contributed by atoms with Crippen molar-refractivity contribution in [2.45, 2.75) is 31.9 Å². The Morgan fingerprint density at radius 2 is 1.96 bits per heavy atom. The summed E-state index contributed by atoms with van der Waals surface area (Å²) in [4.78, 5) is 25.5. The number of hydrogen-bond donors (Lipinski definition) is 2. The van der Waals surface area contributed by atoms with Crippen molar-refractivity contribution in [1.82, 2.24) is 10.2 Å². The maximum absolute atomic E-state index is 12.5. The van der Waals surface area contributed by atoms with Gasteiger partial charge in [0.2, 0.25) is 5.91 Å². The average Bonchev–Trinajstić information content (AvgIpc) is 2.65. The highest BCUT2D eigenvalue weighted by molar-refractivity contribution is 5.87. The molecular formula is C20H24N2O4. The lowest BCUT2D eigenvalue weighted by Crippen LogP contribution is -2.57. The number of rotatable bonds is 4. The number of nitrogens with one attached hydrogen (secondary N) is 1. The van der Waals surface area contributed by atoms with E-state index in [1.54, 1.807) is 7.11 Å². The average molecular weight is 356 g/mol. The minimum atomic E-state index is -1.52. The Morgan fingerprint density at radius 3 is 2.69 bits per heavy atom. The molecule has 1 saturated heterocycles. The predicted molar refractivity (Wildman–Crippen MR) is 98.8 cm³/mol. The smallest absolute Gasteiger partial charge is 0.254 e. The minimum absolute atomic E-state index is 0.0473. The van der Waals surface area contributed by atoms with E-state index in [1.165, 1.54) is 11.8 Å². The van der Waals surface area contributed by atoms with E-state index in [2.05, 4.69) is 5.32 Å². The van der Waals surface area contributed by atoms with Gasteiger partial charge in [0, 0.05) is 20.0 Å². The molecule has 1 aliphatic rings. The first-order chi connectivity index (χ1) is 12.4. The highest BCUT2D eigenvalue weighted by Crippen LogP contribution is 2.23. The number of hydrogen-bond acceptors (Lipinski definition) is 4. The third-order valence-electron chi connectivity index (χ3n) is 4.90. The van der Waals surface area contributed by atoms with E-state index < -0.39 is 11.5 Å². The van der Waals surface area contributed by atoms with E-state index in [4.69, 9.17) is 4.74 Å². The van der Waals surface area contributed by atoms with Crippen LogP contribution in [-0.4, -0.2) is 47.6 Å². The molecule has 138 valence electrons. The Kier molecular flexibility index (Phi) is 5.13. The van der Waals surface area contributed by atoms with Crippen LogP contribution in [0.5, 0.6) is 5.75 Å².